The summed E-state index contributed by atoms with van der Waals surface area (Å²) in [5.74, 6) is -0.491. The van der Waals surface area contributed by atoms with Gasteiger partial charge in [-0.15, -0.1) is 11.8 Å². The zero-order valence-corrected chi connectivity index (χ0v) is 16.2. The standard InChI is InChI=1S/C21H20F2PS/c1-21(2,3)25-20-6-4-5-19(20)24(17-11-7-15(22)8-12-17)18-13-9-16(23)10-14-18/h4-14H,1-3H3. The van der Waals surface area contributed by atoms with Crippen molar-refractivity contribution in [1.29, 1.82) is 0 Å². The predicted octanol–water partition coefficient (Wildman–Crippen LogP) is 5.62. The molecule has 4 heteroatoms. The summed E-state index contributed by atoms with van der Waals surface area (Å²) >= 11 is 1.83. The molecule has 0 saturated heterocycles. The van der Waals surface area contributed by atoms with Gasteiger partial charge in [0, 0.05) is 15.7 Å². The first-order valence-electron chi connectivity index (χ1n) is 8.09. The van der Waals surface area contributed by atoms with Gasteiger partial charge in [0.05, 0.1) is 0 Å². The zero-order valence-electron chi connectivity index (χ0n) is 14.5. The Morgan fingerprint density at radius 1 is 0.760 bits per heavy atom. The summed E-state index contributed by atoms with van der Waals surface area (Å²) in [5.41, 5.74) is 1.23. The highest BCUT2D eigenvalue weighted by Crippen LogP contribution is 2.60. The Morgan fingerprint density at radius 3 is 1.68 bits per heavy atom. The maximum atomic E-state index is 13.4. The van der Waals surface area contributed by atoms with Crippen molar-refractivity contribution in [3.05, 3.63) is 90.3 Å². The normalized spacial score (nSPS) is 16.7. The highest BCUT2D eigenvalue weighted by Gasteiger charge is 2.39. The van der Waals surface area contributed by atoms with E-state index in [0.717, 1.165) is 10.6 Å². The number of hydrogen-bond acceptors (Lipinski definition) is 1. The summed E-state index contributed by atoms with van der Waals surface area (Å²) in [6, 6.07) is 13.3. The van der Waals surface area contributed by atoms with Crippen molar-refractivity contribution < 1.29 is 8.78 Å². The highest BCUT2D eigenvalue weighted by molar-refractivity contribution is 8.04. The van der Waals surface area contributed by atoms with Crippen molar-refractivity contribution in [3.8, 4) is 0 Å². The van der Waals surface area contributed by atoms with Crippen molar-refractivity contribution in [2.75, 3.05) is 0 Å². The van der Waals surface area contributed by atoms with Gasteiger partial charge in [0.1, 0.15) is 11.6 Å². The molecule has 3 rings (SSSR count). The van der Waals surface area contributed by atoms with E-state index in [9.17, 15) is 8.78 Å². The lowest BCUT2D eigenvalue weighted by molar-refractivity contribution is 0.628. The van der Waals surface area contributed by atoms with Crippen molar-refractivity contribution in [2.24, 2.45) is 0 Å². The third-order valence-electron chi connectivity index (χ3n) is 3.58. The van der Waals surface area contributed by atoms with Crippen LogP contribution in [0.3, 0.4) is 0 Å². The lowest BCUT2D eigenvalue weighted by atomic mass is 10.3. The van der Waals surface area contributed by atoms with Gasteiger partial charge in [-0.2, -0.15) is 0 Å². The van der Waals surface area contributed by atoms with Crippen LogP contribution in [0.1, 0.15) is 20.8 Å². The Balaban J connectivity index is 1.98. The molecule has 0 nitrogen and oxygen atoms in total. The van der Waals surface area contributed by atoms with Crippen LogP contribution in [0.4, 0.5) is 8.78 Å². The first-order valence-corrected chi connectivity index (χ1v) is 10.3. The summed E-state index contributed by atoms with van der Waals surface area (Å²) < 4.78 is 26.9. The van der Waals surface area contributed by atoms with E-state index in [1.807, 2.05) is 36.0 Å². The number of hydrogen-bond donors (Lipinski definition) is 0. The SMILES string of the molecule is CC(C)(C)S[C]1[CH][CH][CH][C]1P(c1ccc(F)cc1)c1ccc(F)cc1. The predicted molar refractivity (Wildman–Crippen MR) is 106 cm³/mol. The third kappa shape index (κ3) is 4.83. The molecular weight excluding hydrogens is 353 g/mol. The number of halogens is 2. The molecule has 0 amide bonds. The third-order valence-corrected chi connectivity index (χ3v) is 7.42. The van der Waals surface area contributed by atoms with Gasteiger partial charge in [0.15, 0.2) is 0 Å². The number of thioether (sulfide) groups is 1. The minimum absolute atomic E-state index is 0.0930. The quantitative estimate of drug-likeness (QED) is 0.627. The van der Waals surface area contributed by atoms with Crippen LogP contribution in [-0.2, 0) is 0 Å². The van der Waals surface area contributed by atoms with E-state index in [4.69, 9.17) is 0 Å². The lowest BCUT2D eigenvalue weighted by Crippen LogP contribution is -2.20. The Morgan fingerprint density at radius 2 is 1.24 bits per heavy atom. The fourth-order valence-electron chi connectivity index (χ4n) is 2.60. The van der Waals surface area contributed by atoms with Crippen LogP contribution < -0.4 is 10.6 Å². The molecular formula is C21H20F2PS. The minimum Gasteiger partial charge on any atom is -0.207 e. The molecule has 0 spiro atoms. The second-order valence-corrected chi connectivity index (χ2v) is 10.8. The Bertz CT molecular complexity index is 646. The summed E-state index contributed by atoms with van der Waals surface area (Å²) in [6.45, 7) is 6.56. The fraction of sp³-hybridized carbons (Fsp3) is 0.190. The molecule has 0 unspecified atom stereocenters. The lowest BCUT2D eigenvalue weighted by Gasteiger charge is -2.32. The van der Waals surface area contributed by atoms with Crippen LogP contribution >= 0.6 is 19.7 Å². The molecule has 1 aliphatic rings. The molecule has 0 aromatic heterocycles. The first-order chi connectivity index (χ1) is 11.8. The zero-order chi connectivity index (χ0) is 18.0. The Labute approximate surface area is 155 Å². The molecule has 1 aliphatic carbocycles. The van der Waals surface area contributed by atoms with E-state index in [0.29, 0.717) is 0 Å². The summed E-state index contributed by atoms with van der Waals surface area (Å²) in [7, 11) is -0.862. The molecule has 2 aromatic rings. The second kappa shape index (κ2) is 7.76. The molecule has 0 N–H and O–H groups in total. The van der Waals surface area contributed by atoms with E-state index in [-0.39, 0.29) is 16.4 Å². The molecule has 5 radical (unpaired) electrons. The largest absolute Gasteiger partial charge is 0.207 e. The van der Waals surface area contributed by atoms with Gasteiger partial charge < -0.3 is 0 Å². The summed E-state index contributed by atoms with van der Waals surface area (Å²) in [6.07, 6.45) is 6.33. The Hall–Kier alpha value is -0.920. The van der Waals surface area contributed by atoms with Crippen molar-refractivity contribution >= 4 is 30.3 Å². The van der Waals surface area contributed by atoms with Crippen LogP contribution in [-0.4, -0.2) is 4.75 Å². The topological polar surface area (TPSA) is 0 Å². The summed E-state index contributed by atoms with van der Waals surface area (Å²) in [5, 5.41) is 3.35. The van der Waals surface area contributed by atoms with Gasteiger partial charge in [-0.25, -0.2) is 8.78 Å². The van der Waals surface area contributed by atoms with Crippen LogP contribution in [0.25, 0.3) is 0 Å². The molecule has 0 bridgehead atoms. The van der Waals surface area contributed by atoms with Gasteiger partial charge in [0.2, 0.25) is 0 Å². The van der Waals surface area contributed by atoms with Gasteiger partial charge in [-0.1, -0.05) is 45.0 Å². The molecule has 1 saturated carbocycles. The maximum absolute atomic E-state index is 13.4. The minimum atomic E-state index is -0.862. The van der Waals surface area contributed by atoms with Crippen molar-refractivity contribution in [1.82, 2.24) is 0 Å². The van der Waals surface area contributed by atoms with E-state index in [1.165, 1.54) is 35.2 Å². The van der Waals surface area contributed by atoms with Gasteiger partial charge >= 0.3 is 0 Å². The fourth-order valence-corrected chi connectivity index (χ4v) is 6.27. The smallest absolute Gasteiger partial charge is 0.123 e. The molecule has 2 aromatic carbocycles. The van der Waals surface area contributed by atoms with E-state index < -0.39 is 7.92 Å². The maximum Gasteiger partial charge on any atom is 0.123 e. The molecule has 0 atom stereocenters. The van der Waals surface area contributed by atoms with Crippen molar-refractivity contribution in [3.63, 3.8) is 0 Å². The van der Waals surface area contributed by atoms with Crippen LogP contribution in [0, 0.1) is 41.8 Å². The molecule has 0 heterocycles. The van der Waals surface area contributed by atoms with Crippen LogP contribution in [0.2, 0.25) is 0 Å². The Kier molecular flexibility index (Phi) is 5.85. The highest BCUT2D eigenvalue weighted by atomic mass is 32.2. The molecule has 0 aliphatic heterocycles. The second-order valence-electron chi connectivity index (χ2n) is 6.78. The van der Waals surface area contributed by atoms with Gasteiger partial charge in [0.25, 0.3) is 0 Å². The first kappa shape index (κ1) is 18.9. The van der Waals surface area contributed by atoms with E-state index in [1.54, 1.807) is 0 Å². The number of benzene rings is 2. The molecule has 1 fully saturated rings. The van der Waals surface area contributed by atoms with E-state index in [2.05, 4.69) is 40.0 Å². The van der Waals surface area contributed by atoms with Crippen LogP contribution in [0.15, 0.2) is 48.5 Å². The van der Waals surface area contributed by atoms with Crippen molar-refractivity contribution in [2.45, 2.75) is 25.5 Å². The molecule has 25 heavy (non-hydrogen) atoms. The molecule has 129 valence electrons. The summed E-state index contributed by atoms with van der Waals surface area (Å²) in [4.78, 5) is 0. The van der Waals surface area contributed by atoms with Gasteiger partial charge in [-0.3, -0.25) is 0 Å². The monoisotopic (exact) mass is 373 g/mol. The van der Waals surface area contributed by atoms with E-state index >= 15 is 0 Å². The average Bonchev–Trinajstić information content (AvgIpc) is 2.97. The number of rotatable bonds is 4. The van der Waals surface area contributed by atoms with Crippen LogP contribution in [0.5, 0.6) is 0 Å². The average molecular weight is 373 g/mol. The van der Waals surface area contributed by atoms with Gasteiger partial charge in [-0.05, 0) is 62.1 Å².